The summed E-state index contributed by atoms with van der Waals surface area (Å²) in [6, 6.07) is 1.75. The lowest BCUT2D eigenvalue weighted by Gasteiger charge is -1.97. The number of aromatic nitrogens is 2. The van der Waals surface area contributed by atoms with Crippen molar-refractivity contribution < 1.29 is 0 Å². The zero-order chi connectivity index (χ0) is 8.72. The minimum absolute atomic E-state index is 0.549. The Balaban J connectivity index is 2.83. The lowest BCUT2D eigenvalue weighted by atomic mass is 10.4. The Morgan fingerprint density at radius 2 is 2.25 bits per heavy atom. The van der Waals surface area contributed by atoms with Crippen molar-refractivity contribution in [2.75, 3.05) is 5.73 Å². The molecule has 2 aromatic heterocycles. The Morgan fingerprint density at radius 1 is 1.50 bits per heavy atom. The largest absolute Gasteiger partial charge is 0.396 e. The van der Waals surface area contributed by atoms with Gasteiger partial charge in [-0.2, -0.15) is 0 Å². The second-order valence-corrected chi connectivity index (χ2v) is 3.13. The van der Waals surface area contributed by atoms with Crippen LogP contribution < -0.4 is 5.73 Å². The van der Waals surface area contributed by atoms with Gasteiger partial charge in [-0.3, -0.25) is 0 Å². The lowest BCUT2D eigenvalue weighted by Crippen LogP contribution is -1.90. The molecule has 0 aliphatic heterocycles. The van der Waals surface area contributed by atoms with Gasteiger partial charge in [0.05, 0.1) is 16.4 Å². The molecule has 4 heteroatoms. The first-order valence-electron chi connectivity index (χ1n) is 3.57. The van der Waals surface area contributed by atoms with E-state index in [4.69, 9.17) is 17.3 Å². The Morgan fingerprint density at radius 3 is 3.00 bits per heavy atom. The number of hydrogen-bond donors (Lipinski definition) is 1. The number of halogens is 1. The molecule has 0 bridgehead atoms. The first-order chi connectivity index (χ1) is 5.66. The van der Waals surface area contributed by atoms with E-state index in [9.17, 15) is 0 Å². The maximum absolute atomic E-state index is 5.82. The van der Waals surface area contributed by atoms with E-state index in [2.05, 4.69) is 4.98 Å². The fourth-order valence-corrected chi connectivity index (χ4v) is 1.30. The number of rotatable bonds is 0. The molecular formula is C8H8ClN3. The lowest BCUT2D eigenvalue weighted by molar-refractivity contribution is 1.19. The molecule has 0 aliphatic rings. The van der Waals surface area contributed by atoms with Crippen LogP contribution in [-0.4, -0.2) is 9.38 Å². The van der Waals surface area contributed by atoms with Gasteiger partial charge < -0.3 is 10.1 Å². The fourth-order valence-electron chi connectivity index (χ4n) is 1.15. The van der Waals surface area contributed by atoms with E-state index in [1.54, 1.807) is 12.3 Å². The highest BCUT2D eigenvalue weighted by Crippen LogP contribution is 2.19. The first kappa shape index (κ1) is 7.43. The molecule has 0 amide bonds. The van der Waals surface area contributed by atoms with E-state index in [0.29, 0.717) is 10.7 Å². The number of nitrogen functional groups attached to an aromatic ring is 1. The summed E-state index contributed by atoms with van der Waals surface area (Å²) in [7, 11) is 0. The highest BCUT2D eigenvalue weighted by Gasteiger charge is 2.01. The molecule has 0 aliphatic carbocycles. The molecule has 0 aromatic carbocycles. The van der Waals surface area contributed by atoms with Crippen molar-refractivity contribution in [2.45, 2.75) is 6.92 Å². The molecule has 3 nitrogen and oxygen atoms in total. The molecular weight excluding hydrogens is 174 g/mol. The van der Waals surface area contributed by atoms with Gasteiger partial charge in [0.1, 0.15) is 5.65 Å². The number of imidazole rings is 1. The van der Waals surface area contributed by atoms with E-state index in [0.717, 1.165) is 11.3 Å². The summed E-state index contributed by atoms with van der Waals surface area (Å²) in [5, 5.41) is 0.549. The van der Waals surface area contributed by atoms with Gasteiger partial charge in [0.25, 0.3) is 0 Å². The third-order valence-electron chi connectivity index (χ3n) is 1.69. The number of hydrogen-bond acceptors (Lipinski definition) is 2. The van der Waals surface area contributed by atoms with Crippen LogP contribution in [0.25, 0.3) is 5.65 Å². The van der Waals surface area contributed by atoms with Gasteiger partial charge in [-0.1, -0.05) is 11.6 Å². The SMILES string of the molecule is Cc1cn2cc(N)c(Cl)cc2n1. The minimum atomic E-state index is 0.549. The molecule has 0 radical (unpaired) electrons. The average molecular weight is 182 g/mol. The van der Waals surface area contributed by atoms with Crippen LogP contribution in [0.2, 0.25) is 5.02 Å². The van der Waals surface area contributed by atoms with Crippen LogP contribution in [0.4, 0.5) is 5.69 Å². The number of anilines is 1. The van der Waals surface area contributed by atoms with Crippen LogP contribution in [0, 0.1) is 6.92 Å². The molecule has 0 unspecified atom stereocenters. The summed E-state index contributed by atoms with van der Waals surface area (Å²) < 4.78 is 1.86. The smallest absolute Gasteiger partial charge is 0.138 e. The van der Waals surface area contributed by atoms with Gasteiger partial charge in [0.15, 0.2) is 0 Å². The van der Waals surface area contributed by atoms with Crippen molar-refractivity contribution in [1.82, 2.24) is 9.38 Å². The maximum Gasteiger partial charge on any atom is 0.138 e. The standard InChI is InChI=1S/C8H8ClN3/c1-5-3-12-4-7(10)6(9)2-8(12)11-5/h2-4H,10H2,1H3. The van der Waals surface area contributed by atoms with Gasteiger partial charge in [-0.15, -0.1) is 0 Å². The minimum Gasteiger partial charge on any atom is -0.396 e. The van der Waals surface area contributed by atoms with E-state index < -0.39 is 0 Å². The monoisotopic (exact) mass is 181 g/mol. The van der Waals surface area contributed by atoms with E-state index in [1.807, 2.05) is 17.5 Å². The number of nitrogens with zero attached hydrogens (tertiary/aromatic N) is 2. The van der Waals surface area contributed by atoms with Gasteiger partial charge in [-0.05, 0) is 6.92 Å². The quantitative estimate of drug-likeness (QED) is 0.675. The molecule has 2 heterocycles. The summed E-state index contributed by atoms with van der Waals surface area (Å²) in [5.74, 6) is 0. The number of fused-ring (bicyclic) bond motifs is 1. The van der Waals surface area contributed by atoms with Gasteiger partial charge in [0, 0.05) is 18.5 Å². The van der Waals surface area contributed by atoms with Gasteiger partial charge in [0.2, 0.25) is 0 Å². The van der Waals surface area contributed by atoms with Crippen molar-refractivity contribution in [1.29, 1.82) is 0 Å². The summed E-state index contributed by atoms with van der Waals surface area (Å²) in [5.41, 5.74) is 7.97. The van der Waals surface area contributed by atoms with Crippen LogP contribution in [0.15, 0.2) is 18.5 Å². The van der Waals surface area contributed by atoms with Crippen LogP contribution in [0.5, 0.6) is 0 Å². The second kappa shape index (κ2) is 2.38. The highest BCUT2D eigenvalue weighted by molar-refractivity contribution is 6.33. The summed E-state index contributed by atoms with van der Waals surface area (Å²) >= 11 is 5.82. The zero-order valence-corrected chi connectivity index (χ0v) is 7.34. The van der Waals surface area contributed by atoms with E-state index >= 15 is 0 Å². The van der Waals surface area contributed by atoms with Crippen molar-refractivity contribution >= 4 is 22.9 Å². The maximum atomic E-state index is 5.82. The molecule has 12 heavy (non-hydrogen) atoms. The van der Waals surface area contributed by atoms with Gasteiger partial charge in [-0.25, -0.2) is 4.98 Å². The predicted octanol–water partition coefficient (Wildman–Crippen LogP) is 1.88. The number of nitrogens with two attached hydrogens (primary N) is 1. The molecule has 2 rings (SSSR count). The van der Waals surface area contributed by atoms with Crippen LogP contribution in [0.3, 0.4) is 0 Å². The Labute approximate surface area is 74.8 Å². The Kier molecular flexibility index (Phi) is 1.48. The second-order valence-electron chi connectivity index (χ2n) is 2.72. The van der Waals surface area contributed by atoms with E-state index in [1.165, 1.54) is 0 Å². The van der Waals surface area contributed by atoms with Crippen molar-refractivity contribution in [3.63, 3.8) is 0 Å². The molecule has 0 atom stereocenters. The predicted molar refractivity (Wildman–Crippen MR) is 49.4 cm³/mol. The molecule has 62 valence electrons. The molecule has 2 aromatic rings. The van der Waals surface area contributed by atoms with Crippen molar-refractivity contribution in [3.8, 4) is 0 Å². The average Bonchev–Trinajstić information content (AvgIpc) is 2.30. The van der Waals surface area contributed by atoms with E-state index in [-0.39, 0.29) is 0 Å². The van der Waals surface area contributed by atoms with Crippen molar-refractivity contribution in [3.05, 3.63) is 29.2 Å². The van der Waals surface area contributed by atoms with Gasteiger partial charge >= 0.3 is 0 Å². The number of aryl methyl sites for hydroxylation is 1. The summed E-state index contributed by atoms with van der Waals surface area (Å²) in [4.78, 5) is 4.24. The topological polar surface area (TPSA) is 43.3 Å². The Bertz CT molecular complexity index is 394. The molecule has 0 fully saturated rings. The molecule has 0 saturated heterocycles. The first-order valence-corrected chi connectivity index (χ1v) is 3.95. The Hall–Kier alpha value is -1.22. The fraction of sp³-hybridized carbons (Fsp3) is 0.125. The van der Waals surface area contributed by atoms with Crippen molar-refractivity contribution in [2.24, 2.45) is 0 Å². The highest BCUT2D eigenvalue weighted by atomic mass is 35.5. The normalized spacial score (nSPS) is 10.8. The van der Waals surface area contributed by atoms with Crippen LogP contribution in [-0.2, 0) is 0 Å². The summed E-state index contributed by atoms with van der Waals surface area (Å²) in [6.45, 7) is 1.93. The summed E-state index contributed by atoms with van der Waals surface area (Å²) in [6.07, 6.45) is 3.67. The third kappa shape index (κ3) is 1.02. The number of pyridine rings is 1. The van der Waals surface area contributed by atoms with Crippen LogP contribution >= 0.6 is 11.6 Å². The zero-order valence-electron chi connectivity index (χ0n) is 6.58. The molecule has 0 saturated carbocycles. The molecule has 0 spiro atoms. The third-order valence-corrected chi connectivity index (χ3v) is 2.02. The van der Waals surface area contributed by atoms with Crippen LogP contribution in [0.1, 0.15) is 5.69 Å². The molecule has 2 N–H and O–H groups in total.